The lowest BCUT2D eigenvalue weighted by Crippen LogP contribution is -2.38. The van der Waals surface area contributed by atoms with Crippen LogP contribution in [0.5, 0.6) is 0 Å². The van der Waals surface area contributed by atoms with E-state index in [1.807, 2.05) is 23.7 Å². The van der Waals surface area contributed by atoms with Crippen molar-refractivity contribution in [3.8, 4) is 0 Å². The highest BCUT2D eigenvalue weighted by Crippen LogP contribution is 2.36. The fraction of sp³-hybridized carbons (Fsp3) is 0.824. The van der Waals surface area contributed by atoms with Gasteiger partial charge in [-0.05, 0) is 25.7 Å². The van der Waals surface area contributed by atoms with E-state index in [4.69, 9.17) is 5.84 Å². The third kappa shape index (κ3) is 6.05. The predicted octanol–water partition coefficient (Wildman–Crippen LogP) is 0.721. The van der Waals surface area contributed by atoms with E-state index >= 15 is 0 Å². The Morgan fingerprint density at radius 3 is 2.69 bits per heavy atom. The first-order valence-corrected chi connectivity index (χ1v) is 10.5. The second-order valence-electron chi connectivity index (χ2n) is 7.00. The molecule has 0 saturated carbocycles. The van der Waals surface area contributed by atoms with Gasteiger partial charge >= 0.3 is 6.03 Å². The number of fused-ring (bicyclic) bond motifs is 1. The highest BCUT2D eigenvalue weighted by atomic mass is 32.2. The molecule has 2 aliphatic heterocycles. The predicted molar refractivity (Wildman–Crippen MR) is 102 cm³/mol. The van der Waals surface area contributed by atoms with E-state index in [9.17, 15) is 14.4 Å². The maximum Gasteiger partial charge on any atom is 0.317 e. The third-order valence-corrected chi connectivity index (χ3v) is 6.56. The second-order valence-corrected chi connectivity index (χ2v) is 8.28. The van der Waals surface area contributed by atoms with E-state index in [0.29, 0.717) is 30.7 Å². The number of nitrogens with zero attached hydrogens (tertiary/aromatic N) is 1. The number of carbonyl (C=O) groups is 3. The molecule has 2 fully saturated rings. The molecule has 0 aromatic heterocycles. The molecule has 2 rings (SSSR count). The summed E-state index contributed by atoms with van der Waals surface area (Å²) >= 11 is 1.93. The Balaban J connectivity index is 1.48. The SMILES string of the molecule is CN1C(=O)NC2CSC(CCCCC(=O)NCCCCCC(=O)NN)C21. The molecular formula is C17H31N5O3S. The largest absolute Gasteiger partial charge is 0.356 e. The number of hydrogen-bond donors (Lipinski definition) is 4. The monoisotopic (exact) mass is 385 g/mol. The van der Waals surface area contributed by atoms with Crippen molar-refractivity contribution in [3.63, 3.8) is 0 Å². The number of urea groups is 1. The van der Waals surface area contributed by atoms with Crippen molar-refractivity contribution >= 4 is 29.6 Å². The minimum atomic E-state index is -0.148. The first-order valence-electron chi connectivity index (χ1n) is 9.44. The molecule has 2 saturated heterocycles. The Hall–Kier alpha value is -1.48. The number of likely N-dealkylation sites (N-methyl/N-ethyl adjacent to an activating group) is 1. The molecule has 0 aromatic rings. The fourth-order valence-electron chi connectivity index (χ4n) is 3.59. The summed E-state index contributed by atoms with van der Waals surface area (Å²) in [5, 5.41) is 6.43. The lowest BCUT2D eigenvalue weighted by Gasteiger charge is -2.23. The number of carbonyl (C=O) groups excluding carboxylic acids is 3. The topological polar surface area (TPSA) is 117 Å². The van der Waals surface area contributed by atoms with Crippen molar-refractivity contribution < 1.29 is 14.4 Å². The smallest absolute Gasteiger partial charge is 0.317 e. The number of unbranched alkanes of at least 4 members (excludes halogenated alkanes) is 3. The maximum absolute atomic E-state index is 11.8. The van der Waals surface area contributed by atoms with Crippen LogP contribution < -0.4 is 21.9 Å². The first-order chi connectivity index (χ1) is 12.5. The Bertz CT molecular complexity index is 505. The molecule has 148 valence electrons. The number of thioether (sulfide) groups is 1. The highest BCUT2D eigenvalue weighted by Gasteiger charge is 2.46. The average Bonchev–Trinajstić information content (AvgIpc) is 3.14. The molecule has 0 aliphatic carbocycles. The van der Waals surface area contributed by atoms with Crippen LogP contribution in [0.4, 0.5) is 4.79 Å². The summed E-state index contributed by atoms with van der Waals surface area (Å²) in [5.41, 5.74) is 2.11. The first kappa shape index (κ1) is 20.8. The fourth-order valence-corrected chi connectivity index (χ4v) is 5.22. The van der Waals surface area contributed by atoms with E-state index in [-0.39, 0.29) is 23.9 Å². The summed E-state index contributed by atoms with van der Waals surface area (Å²) in [5.74, 6) is 5.94. The van der Waals surface area contributed by atoms with E-state index in [2.05, 4.69) is 16.1 Å². The van der Waals surface area contributed by atoms with Gasteiger partial charge in [-0.3, -0.25) is 15.0 Å². The number of nitrogens with one attached hydrogen (secondary N) is 3. The highest BCUT2D eigenvalue weighted by molar-refractivity contribution is 8.00. The molecule has 2 aliphatic rings. The van der Waals surface area contributed by atoms with Gasteiger partial charge in [-0.25, -0.2) is 10.6 Å². The number of rotatable bonds is 11. The van der Waals surface area contributed by atoms with Crippen LogP contribution in [0, 0.1) is 0 Å². The van der Waals surface area contributed by atoms with E-state index in [1.54, 1.807) is 0 Å². The summed E-state index contributed by atoms with van der Waals surface area (Å²) in [6.07, 6.45) is 6.46. The van der Waals surface area contributed by atoms with Gasteiger partial charge in [0.15, 0.2) is 0 Å². The van der Waals surface area contributed by atoms with E-state index in [0.717, 1.165) is 44.3 Å². The van der Waals surface area contributed by atoms with Gasteiger partial charge in [-0.15, -0.1) is 0 Å². The van der Waals surface area contributed by atoms with Crippen molar-refractivity contribution in [2.24, 2.45) is 5.84 Å². The summed E-state index contributed by atoms with van der Waals surface area (Å²) < 4.78 is 0. The summed E-state index contributed by atoms with van der Waals surface area (Å²) in [4.78, 5) is 36.3. The van der Waals surface area contributed by atoms with Crippen molar-refractivity contribution in [1.82, 2.24) is 21.0 Å². The molecule has 5 N–H and O–H groups in total. The van der Waals surface area contributed by atoms with Gasteiger partial charge in [0.1, 0.15) is 0 Å². The molecule has 26 heavy (non-hydrogen) atoms. The summed E-state index contributed by atoms with van der Waals surface area (Å²) in [6.45, 7) is 0.657. The number of nitrogens with two attached hydrogens (primary N) is 1. The van der Waals surface area contributed by atoms with Crippen LogP contribution in [0.1, 0.15) is 51.4 Å². The van der Waals surface area contributed by atoms with Gasteiger partial charge in [0, 0.05) is 37.4 Å². The van der Waals surface area contributed by atoms with Crippen LogP contribution in [-0.4, -0.2) is 59.4 Å². The molecule has 0 aromatic carbocycles. The molecular weight excluding hydrogens is 354 g/mol. The van der Waals surface area contributed by atoms with Crippen LogP contribution in [-0.2, 0) is 9.59 Å². The standard InChI is InChI=1S/C17H31N5O3S/c1-22-16-12(20-17(22)25)11-26-13(16)7-4-5-8-14(23)19-10-6-2-3-9-15(24)21-18/h12-13,16H,2-11,18H2,1H3,(H,19,23)(H,20,25)(H,21,24). The van der Waals surface area contributed by atoms with Gasteiger partial charge < -0.3 is 15.5 Å². The van der Waals surface area contributed by atoms with Crippen molar-refractivity contribution in [2.45, 2.75) is 68.7 Å². The molecule has 9 heteroatoms. The van der Waals surface area contributed by atoms with Crippen molar-refractivity contribution in [2.75, 3.05) is 19.3 Å². The molecule has 0 spiro atoms. The normalized spacial score (nSPS) is 24.3. The van der Waals surface area contributed by atoms with Gasteiger partial charge in [0.05, 0.1) is 12.1 Å². The third-order valence-electron chi connectivity index (χ3n) is 5.07. The van der Waals surface area contributed by atoms with Crippen molar-refractivity contribution in [3.05, 3.63) is 0 Å². The Kier molecular flexibility index (Phi) is 8.50. The molecule has 0 bridgehead atoms. The molecule has 3 unspecified atom stereocenters. The summed E-state index contributed by atoms with van der Waals surface area (Å²) in [7, 11) is 1.87. The lowest BCUT2D eigenvalue weighted by molar-refractivity contribution is -0.122. The molecule has 8 nitrogen and oxygen atoms in total. The number of hydrogen-bond acceptors (Lipinski definition) is 5. The number of amides is 4. The van der Waals surface area contributed by atoms with Gasteiger partial charge in [0.25, 0.3) is 0 Å². The zero-order valence-electron chi connectivity index (χ0n) is 15.5. The van der Waals surface area contributed by atoms with Gasteiger partial charge in [0.2, 0.25) is 11.8 Å². The lowest BCUT2D eigenvalue weighted by atomic mass is 10.0. The number of hydrazine groups is 1. The van der Waals surface area contributed by atoms with Crippen LogP contribution >= 0.6 is 11.8 Å². The summed E-state index contributed by atoms with van der Waals surface area (Å²) in [6, 6.07) is 0.609. The van der Waals surface area contributed by atoms with Crippen LogP contribution in [0.2, 0.25) is 0 Å². The second kappa shape index (κ2) is 10.6. The molecule has 3 atom stereocenters. The van der Waals surface area contributed by atoms with Gasteiger partial charge in [-0.2, -0.15) is 11.8 Å². The van der Waals surface area contributed by atoms with E-state index < -0.39 is 0 Å². The Morgan fingerprint density at radius 2 is 1.92 bits per heavy atom. The van der Waals surface area contributed by atoms with Crippen LogP contribution in [0.25, 0.3) is 0 Å². The molecule has 4 amide bonds. The average molecular weight is 386 g/mol. The Morgan fingerprint density at radius 1 is 1.19 bits per heavy atom. The van der Waals surface area contributed by atoms with Crippen LogP contribution in [0.15, 0.2) is 0 Å². The van der Waals surface area contributed by atoms with Crippen molar-refractivity contribution in [1.29, 1.82) is 0 Å². The van der Waals surface area contributed by atoms with E-state index in [1.165, 1.54) is 0 Å². The maximum atomic E-state index is 11.8. The quantitative estimate of drug-likeness (QED) is 0.137. The molecule has 0 radical (unpaired) electrons. The minimum Gasteiger partial charge on any atom is -0.356 e. The Labute approximate surface area is 159 Å². The zero-order chi connectivity index (χ0) is 18.9. The van der Waals surface area contributed by atoms with Gasteiger partial charge in [-0.1, -0.05) is 12.8 Å². The molecule has 2 heterocycles. The zero-order valence-corrected chi connectivity index (χ0v) is 16.3. The van der Waals surface area contributed by atoms with Crippen LogP contribution in [0.3, 0.4) is 0 Å². The minimum absolute atomic E-state index is 0.0355.